The minimum absolute atomic E-state index is 0.0800. The first-order valence-electron chi connectivity index (χ1n) is 10.3. The van der Waals surface area contributed by atoms with Gasteiger partial charge in [0, 0.05) is 30.1 Å². The molecule has 0 radical (unpaired) electrons. The van der Waals surface area contributed by atoms with Gasteiger partial charge in [0.1, 0.15) is 11.5 Å². The maximum atomic E-state index is 12.5. The zero-order chi connectivity index (χ0) is 21.9. The molecular formula is C25H21N5OS. The van der Waals surface area contributed by atoms with Gasteiger partial charge in [-0.1, -0.05) is 66.4 Å². The van der Waals surface area contributed by atoms with E-state index in [1.165, 1.54) is 17.3 Å². The summed E-state index contributed by atoms with van der Waals surface area (Å²) in [7, 11) is 0. The van der Waals surface area contributed by atoms with E-state index in [2.05, 4.69) is 31.9 Å². The van der Waals surface area contributed by atoms with Gasteiger partial charge in [-0.15, -0.1) is 10.2 Å². The summed E-state index contributed by atoms with van der Waals surface area (Å²) in [5.74, 6) is 1.39. The first-order chi connectivity index (χ1) is 15.7. The zero-order valence-electron chi connectivity index (χ0n) is 17.5. The maximum Gasteiger partial charge on any atom is 0.258 e. The van der Waals surface area contributed by atoms with Crippen molar-refractivity contribution in [3.05, 3.63) is 118 Å². The van der Waals surface area contributed by atoms with Crippen LogP contribution in [0.25, 0.3) is 11.3 Å². The molecule has 0 spiro atoms. The zero-order valence-corrected chi connectivity index (χ0v) is 18.4. The van der Waals surface area contributed by atoms with Gasteiger partial charge < -0.3 is 0 Å². The molecule has 158 valence electrons. The van der Waals surface area contributed by atoms with Gasteiger partial charge in [0.2, 0.25) is 0 Å². The Morgan fingerprint density at radius 1 is 0.906 bits per heavy atom. The third-order valence-corrected chi connectivity index (χ3v) is 6.09. The summed E-state index contributed by atoms with van der Waals surface area (Å²) in [6.07, 6.45) is 2.49. The van der Waals surface area contributed by atoms with Crippen molar-refractivity contribution in [2.75, 3.05) is 0 Å². The second kappa shape index (κ2) is 8.80. The average Bonchev–Trinajstić information content (AvgIpc) is 3.22. The van der Waals surface area contributed by atoms with Crippen LogP contribution in [0, 0.1) is 6.92 Å². The topological polar surface area (TPSA) is 65.1 Å². The Hall–Kier alpha value is -3.71. The number of fused-ring (bicyclic) bond motifs is 1. The first kappa shape index (κ1) is 20.2. The van der Waals surface area contributed by atoms with Crippen molar-refractivity contribution in [3.63, 3.8) is 0 Å². The molecule has 2 aromatic carbocycles. The van der Waals surface area contributed by atoms with E-state index in [9.17, 15) is 4.79 Å². The number of rotatable bonds is 6. The van der Waals surface area contributed by atoms with E-state index in [0.29, 0.717) is 17.8 Å². The van der Waals surface area contributed by atoms with Crippen molar-refractivity contribution in [1.82, 2.24) is 24.1 Å². The smallest absolute Gasteiger partial charge is 0.258 e. The molecule has 0 saturated carbocycles. The molecule has 5 rings (SSSR count). The number of thioether (sulfide) groups is 1. The van der Waals surface area contributed by atoms with Crippen LogP contribution in [0.2, 0.25) is 0 Å². The molecule has 0 atom stereocenters. The van der Waals surface area contributed by atoms with Crippen molar-refractivity contribution >= 4 is 17.4 Å². The highest BCUT2D eigenvalue weighted by atomic mass is 32.2. The molecule has 0 fully saturated rings. The molecule has 5 aromatic rings. The Bertz CT molecular complexity index is 1430. The van der Waals surface area contributed by atoms with Crippen LogP contribution >= 0.6 is 11.8 Å². The molecule has 0 aliphatic heterocycles. The Labute approximate surface area is 189 Å². The lowest BCUT2D eigenvalue weighted by atomic mass is 10.1. The Balaban J connectivity index is 1.47. The monoisotopic (exact) mass is 439 g/mol. The minimum Gasteiger partial charge on any atom is -0.274 e. The summed E-state index contributed by atoms with van der Waals surface area (Å²) in [5.41, 5.74) is 4.49. The van der Waals surface area contributed by atoms with Crippen LogP contribution in [0.4, 0.5) is 0 Å². The van der Waals surface area contributed by atoms with Gasteiger partial charge in [-0.25, -0.2) is 4.98 Å². The number of hydrogen-bond donors (Lipinski definition) is 0. The Kier molecular flexibility index (Phi) is 5.56. The van der Waals surface area contributed by atoms with Crippen molar-refractivity contribution in [2.24, 2.45) is 0 Å². The van der Waals surface area contributed by atoms with Crippen LogP contribution in [0.1, 0.15) is 22.6 Å². The molecule has 0 unspecified atom stereocenters. The molecule has 0 aliphatic carbocycles. The molecule has 0 aliphatic rings. The van der Waals surface area contributed by atoms with E-state index >= 15 is 0 Å². The van der Waals surface area contributed by atoms with E-state index in [-0.39, 0.29) is 5.56 Å². The number of aromatic nitrogens is 5. The fraction of sp³-hybridized carbons (Fsp3) is 0.120. The standard InChI is InChI=1S/C25H21N5OS/c1-18-12-13-22-26-20(15-24(31)29(22)16-18)17-32-25-28-27-23(14-19-8-4-2-5-9-19)30(25)21-10-6-3-7-11-21/h2-13,15-16H,14,17H2,1H3. The molecule has 0 bridgehead atoms. The fourth-order valence-corrected chi connectivity index (χ4v) is 4.46. The highest BCUT2D eigenvalue weighted by Crippen LogP contribution is 2.25. The van der Waals surface area contributed by atoms with E-state index in [1.54, 1.807) is 10.5 Å². The SMILES string of the molecule is Cc1ccc2nc(CSc3nnc(Cc4ccccc4)n3-c3ccccc3)cc(=O)n2c1. The second-order valence-corrected chi connectivity index (χ2v) is 8.48. The van der Waals surface area contributed by atoms with Gasteiger partial charge in [0.15, 0.2) is 5.16 Å². The van der Waals surface area contributed by atoms with Crippen molar-refractivity contribution in [1.29, 1.82) is 0 Å². The molecule has 0 N–H and O–H groups in total. The van der Waals surface area contributed by atoms with Crippen molar-refractivity contribution in [3.8, 4) is 5.69 Å². The third-order valence-electron chi connectivity index (χ3n) is 5.13. The predicted molar refractivity (Wildman–Crippen MR) is 126 cm³/mol. The number of para-hydroxylation sites is 1. The van der Waals surface area contributed by atoms with E-state index < -0.39 is 0 Å². The molecule has 0 saturated heterocycles. The molecule has 7 heteroatoms. The summed E-state index contributed by atoms with van der Waals surface area (Å²) in [4.78, 5) is 17.2. The van der Waals surface area contributed by atoms with E-state index in [0.717, 1.165) is 27.9 Å². The van der Waals surface area contributed by atoms with E-state index in [4.69, 9.17) is 0 Å². The molecule has 0 amide bonds. The van der Waals surface area contributed by atoms with Gasteiger partial charge in [-0.3, -0.25) is 13.8 Å². The van der Waals surface area contributed by atoms with E-state index in [1.807, 2.05) is 73.8 Å². The van der Waals surface area contributed by atoms with Gasteiger partial charge in [0.05, 0.1) is 5.69 Å². The minimum atomic E-state index is -0.0800. The van der Waals surface area contributed by atoms with Gasteiger partial charge in [-0.2, -0.15) is 0 Å². The lowest BCUT2D eigenvalue weighted by Gasteiger charge is -2.10. The average molecular weight is 440 g/mol. The summed E-state index contributed by atoms with van der Waals surface area (Å²) in [6.45, 7) is 1.96. The molecule has 32 heavy (non-hydrogen) atoms. The highest BCUT2D eigenvalue weighted by molar-refractivity contribution is 7.98. The normalized spacial score (nSPS) is 11.2. The van der Waals surface area contributed by atoms with Gasteiger partial charge >= 0.3 is 0 Å². The van der Waals surface area contributed by atoms with Crippen LogP contribution in [-0.2, 0) is 12.2 Å². The Morgan fingerprint density at radius 3 is 2.44 bits per heavy atom. The number of hydrogen-bond acceptors (Lipinski definition) is 5. The molecule has 3 aromatic heterocycles. The first-order valence-corrected chi connectivity index (χ1v) is 11.3. The summed E-state index contributed by atoms with van der Waals surface area (Å²) < 4.78 is 3.66. The lowest BCUT2D eigenvalue weighted by Crippen LogP contribution is -2.15. The fourth-order valence-electron chi connectivity index (χ4n) is 3.59. The number of benzene rings is 2. The van der Waals surface area contributed by atoms with Crippen LogP contribution in [0.3, 0.4) is 0 Å². The lowest BCUT2D eigenvalue weighted by molar-refractivity contribution is 0.847. The van der Waals surface area contributed by atoms with Crippen molar-refractivity contribution < 1.29 is 0 Å². The van der Waals surface area contributed by atoms with Gasteiger partial charge in [0.25, 0.3) is 5.56 Å². The summed E-state index contributed by atoms with van der Waals surface area (Å²) >= 11 is 1.53. The third kappa shape index (κ3) is 4.20. The number of aryl methyl sites for hydroxylation is 1. The van der Waals surface area contributed by atoms with Gasteiger partial charge in [-0.05, 0) is 36.2 Å². The quantitative estimate of drug-likeness (QED) is 0.365. The summed E-state index contributed by atoms with van der Waals surface area (Å²) in [6, 6.07) is 25.8. The van der Waals surface area contributed by atoms with Crippen LogP contribution in [-0.4, -0.2) is 24.1 Å². The molecule has 6 nitrogen and oxygen atoms in total. The molecular weight excluding hydrogens is 418 g/mol. The van der Waals surface area contributed by atoms with Crippen LogP contribution in [0.5, 0.6) is 0 Å². The Morgan fingerprint density at radius 2 is 1.66 bits per heavy atom. The van der Waals surface area contributed by atoms with Crippen LogP contribution < -0.4 is 5.56 Å². The number of pyridine rings is 1. The summed E-state index contributed by atoms with van der Waals surface area (Å²) in [5, 5.41) is 9.72. The van der Waals surface area contributed by atoms with Crippen molar-refractivity contribution in [2.45, 2.75) is 24.3 Å². The van der Waals surface area contributed by atoms with Crippen LogP contribution in [0.15, 0.2) is 95.0 Å². The molecule has 3 heterocycles. The second-order valence-electron chi connectivity index (χ2n) is 7.54. The highest BCUT2D eigenvalue weighted by Gasteiger charge is 2.15. The number of nitrogens with zero attached hydrogens (tertiary/aromatic N) is 5. The maximum absolute atomic E-state index is 12.5. The largest absolute Gasteiger partial charge is 0.274 e. The predicted octanol–water partition coefficient (Wildman–Crippen LogP) is 4.47.